The van der Waals surface area contributed by atoms with Gasteiger partial charge in [0.15, 0.2) is 5.13 Å². The molecule has 4 nitrogen and oxygen atoms in total. The molecule has 0 spiro atoms. The molecule has 2 aromatic carbocycles. The first kappa shape index (κ1) is 15.5. The van der Waals surface area contributed by atoms with Gasteiger partial charge in [-0.1, -0.05) is 47.2 Å². The first-order chi connectivity index (χ1) is 11.1. The summed E-state index contributed by atoms with van der Waals surface area (Å²) < 4.78 is 13.7. The molecule has 0 bridgehead atoms. The van der Waals surface area contributed by atoms with Crippen molar-refractivity contribution in [3.8, 4) is 0 Å². The van der Waals surface area contributed by atoms with E-state index in [4.69, 9.17) is 17.3 Å². The summed E-state index contributed by atoms with van der Waals surface area (Å²) in [5.41, 5.74) is 6.43. The number of nitrogens with zero attached hydrogens (tertiary/aromatic N) is 1. The zero-order valence-electron chi connectivity index (χ0n) is 11.7. The number of nitrogens with one attached hydrogen (secondary N) is 1. The monoisotopic (exact) mass is 347 g/mol. The van der Waals surface area contributed by atoms with Crippen molar-refractivity contribution in [1.82, 2.24) is 4.98 Å². The number of ketones is 1. The Morgan fingerprint density at radius 1 is 1.17 bits per heavy atom. The summed E-state index contributed by atoms with van der Waals surface area (Å²) >= 11 is 7.09. The highest BCUT2D eigenvalue weighted by molar-refractivity contribution is 7.18. The van der Waals surface area contributed by atoms with Crippen LogP contribution in [0.15, 0.2) is 48.5 Å². The number of thiazole rings is 1. The highest BCUT2D eigenvalue weighted by Gasteiger charge is 2.20. The fourth-order valence-electron chi connectivity index (χ4n) is 1.99. The number of benzene rings is 2. The largest absolute Gasteiger partial charge is 0.382 e. The lowest BCUT2D eigenvalue weighted by atomic mass is 10.1. The molecule has 0 aliphatic carbocycles. The Kier molecular flexibility index (Phi) is 4.27. The van der Waals surface area contributed by atoms with Crippen LogP contribution in [-0.4, -0.2) is 10.8 Å². The molecule has 0 amide bonds. The Bertz CT molecular complexity index is 881. The first-order valence-electron chi connectivity index (χ1n) is 6.63. The van der Waals surface area contributed by atoms with Gasteiger partial charge in [-0.15, -0.1) is 0 Å². The van der Waals surface area contributed by atoms with Crippen molar-refractivity contribution in [3.05, 3.63) is 69.8 Å². The van der Waals surface area contributed by atoms with E-state index in [9.17, 15) is 9.18 Å². The number of carbonyl (C=O) groups excluding carboxylic acids is 1. The van der Waals surface area contributed by atoms with Crippen LogP contribution in [0.2, 0.25) is 5.02 Å². The third-order valence-corrected chi connectivity index (χ3v) is 4.41. The van der Waals surface area contributed by atoms with Crippen molar-refractivity contribution in [3.63, 3.8) is 0 Å². The summed E-state index contributed by atoms with van der Waals surface area (Å²) in [6.45, 7) is 0. The van der Waals surface area contributed by atoms with Crippen LogP contribution >= 0.6 is 22.9 Å². The molecule has 0 saturated carbocycles. The van der Waals surface area contributed by atoms with E-state index in [1.807, 2.05) is 0 Å². The lowest BCUT2D eigenvalue weighted by Gasteiger charge is -2.02. The van der Waals surface area contributed by atoms with E-state index >= 15 is 0 Å². The molecule has 1 aromatic heterocycles. The van der Waals surface area contributed by atoms with Crippen LogP contribution in [0.1, 0.15) is 15.2 Å². The highest BCUT2D eigenvalue weighted by atomic mass is 35.5. The summed E-state index contributed by atoms with van der Waals surface area (Å²) in [5.74, 6) is -0.647. The SMILES string of the molecule is Nc1nc(Nc2ccccc2F)sc1C(=O)c1ccccc1Cl. The maximum atomic E-state index is 13.7. The minimum absolute atomic E-state index is 0.0822. The molecule has 0 unspecified atom stereocenters. The van der Waals surface area contributed by atoms with Crippen molar-refractivity contribution in [2.24, 2.45) is 0 Å². The number of para-hydroxylation sites is 1. The zero-order chi connectivity index (χ0) is 16.4. The van der Waals surface area contributed by atoms with Crippen LogP contribution in [0.25, 0.3) is 0 Å². The molecule has 1 heterocycles. The normalized spacial score (nSPS) is 10.5. The van der Waals surface area contributed by atoms with Crippen molar-refractivity contribution in [1.29, 1.82) is 0 Å². The summed E-state index contributed by atoms with van der Waals surface area (Å²) in [6.07, 6.45) is 0. The molecule has 3 N–H and O–H groups in total. The van der Waals surface area contributed by atoms with E-state index in [-0.39, 0.29) is 22.2 Å². The number of nitrogen functional groups attached to an aromatic ring is 1. The minimum atomic E-state index is -0.416. The number of carbonyl (C=O) groups is 1. The smallest absolute Gasteiger partial charge is 0.208 e. The molecule has 0 aliphatic heterocycles. The number of rotatable bonds is 4. The van der Waals surface area contributed by atoms with Gasteiger partial charge in [0.2, 0.25) is 5.78 Å². The molecular formula is C16H11ClFN3OS. The molecule has 0 fully saturated rings. The van der Waals surface area contributed by atoms with Crippen LogP contribution in [0.5, 0.6) is 0 Å². The van der Waals surface area contributed by atoms with Crippen LogP contribution < -0.4 is 11.1 Å². The number of aromatic nitrogens is 1. The van der Waals surface area contributed by atoms with Gasteiger partial charge in [0.25, 0.3) is 0 Å². The third kappa shape index (κ3) is 3.18. The maximum absolute atomic E-state index is 13.7. The number of anilines is 3. The van der Waals surface area contributed by atoms with Gasteiger partial charge in [-0.2, -0.15) is 0 Å². The van der Waals surface area contributed by atoms with Crippen LogP contribution in [0.3, 0.4) is 0 Å². The molecular weight excluding hydrogens is 337 g/mol. The van der Waals surface area contributed by atoms with Crippen molar-refractivity contribution >= 4 is 45.4 Å². The van der Waals surface area contributed by atoms with Crippen LogP contribution in [0.4, 0.5) is 21.0 Å². The predicted octanol–water partition coefficient (Wildman–Crippen LogP) is 4.49. The van der Waals surface area contributed by atoms with Gasteiger partial charge in [-0.25, -0.2) is 9.37 Å². The standard InChI is InChI=1S/C16H11ClFN3OS/c17-10-6-2-1-5-9(10)13(22)14-15(19)21-16(23-14)20-12-8-4-3-7-11(12)18/h1-8H,19H2,(H,20,21). The van der Waals surface area contributed by atoms with Gasteiger partial charge in [0.05, 0.1) is 10.7 Å². The third-order valence-electron chi connectivity index (χ3n) is 3.09. The summed E-state index contributed by atoms with van der Waals surface area (Å²) in [7, 11) is 0. The molecule has 0 atom stereocenters. The number of halogens is 2. The molecule has 3 aromatic rings. The predicted molar refractivity (Wildman–Crippen MR) is 91.1 cm³/mol. The summed E-state index contributed by atoms with van der Waals surface area (Å²) in [4.78, 5) is 16.9. The lowest BCUT2D eigenvalue weighted by molar-refractivity contribution is 0.104. The number of hydrogen-bond donors (Lipinski definition) is 2. The molecule has 116 valence electrons. The second-order valence-electron chi connectivity index (χ2n) is 4.65. The van der Waals surface area contributed by atoms with E-state index in [1.165, 1.54) is 6.07 Å². The Morgan fingerprint density at radius 2 is 1.87 bits per heavy atom. The van der Waals surface area contributed by atoms with Gasteiger partial charge in [-0.3, -0.25) is 4.79 Å². The number of nitrogens with two attached hydrogens (primary N) is 1. The first-order valence-corrected chi connectivity index (χ1v) is 7.83. The molecule has 7 heteroatoms. The zero-order valence-corrected chi connectivity index (χ0v) is 13.3. The molecule has 0 aliphatic rings. The Labute approximate surface area is 140 Å². The van der Waals surface area contributed by atoms with E-state index in [0.29, 0.717) is 15.7 Å². The van der Waals surface area contributed by atoms with Crippen molar-refractivity contribution in [2.45, 2.75) is 0 Å². The van der Waals surface area contributed by atoms with Gasteiger partial charge >= 0.3 is 0 Å². The molecule has 23 heavy (non-hydrogen) atoms. The fourth-order valence-corrected chi connectivity index (χ4v) is 3.07. The molecule has 3 rings (SSSR count). The summed E-state index contributed by atoms with van der Waals surface area (Å²) in [6, 6.07) is 12.9. The minimum Gasteiger partial charge on any atom is -0.382 e. The quantitative estimate of drug-likeness (QED) is 0.682. The average molecular weight is 348 g/mol. The summed E-state index contributed by atoms with van der Waals surface area (Å²) in [5, 5.41) is 3.50. The van der Waals surface area contributed by atoms with E-state index < -0.39 is 5.82 Å². The van der Waals surface area contributed by atoms with Crippen molar-refractivity contribution < 1.29 is 9.18 Å². The van der Waals surface area contributed by atoms with Crippen LogP contribution in [-0.2, 0) is 0 Å². The topological polar surface area (TPSA) is 68.0 Å². The van der Waals surface area contributed by atoms with E-state index in [2.05, 4.69) is 10.3 Å². The van der Waals surface area contributed by atoms with Crippen molar-refractivity contribution in [2.75, 3.05) is 11.1 Å². The average Bonchev–Trinajstić information content (AvgIpc) is 2.90. The Hall–Kier alpha value is -2.44. The molecule has 0 saturated heterocycles. The Balaban J connectivity index is 1.91. The second kappa shape index (κ2) is 6.36. The van der Waals surface area contributed by atoms with E-state index in [0.717, 1.165) is 11.3 Å². The number of hydrogen-bond acceptors (Lipinski definition) is 5. The fraction of sp³-hybridized carbons (Fsp3) is 0. The lowest BCUT2D eigenvalue weighted by Crippen LogP contribution is -2.03. The van der Waals surface area contributed by atoms with Crippen LogP contribution in [0, 0.1) is 5.82 Å². The second-order valence-corrected chi connectivity index (χ2v) is 6.05. The molecule has 0 radical (unpaired) electrons. The highest BCUT2D eigenvalue weighted by Crippen LogP contribution is 2.31. The van der Waals surface area contributed by atoms with Gasteiger partial charge in [0.1, 0.15) is 16.5 Å². The van der Waals surface area contributed by atoms with Gasteiger partial charge < -0.3 is 11.1 Å². The van der Waals surface area contributed by atoms with E-state index in [1.54, 1.807) is 42.5 Å². The maximum Gasteiger partial charge on any atom is 0.208 e. The van der Waals surface area contributed by atoms with Gasteiger partial charge in [0, 0.05) is 5.56 Å². The Morgan fingerprint density at radius 3 is 2.61 bits per heavy atom. The van der Waals surface area contributed by atoms with Gasteiger partial charge in [-0.05, 0) is 24.3 Å².